The second-order valence-corrected chi connectivity index (χ2v) is 7.71. The van der Waals surface area contributed by atoms with Gasteiger partial charge in [-0.05, 0) is 56.5 Å². The van der Waals surface area contributed by atoms with Crippen LogP contribution in [-0.4, -0.2) is 7.11 Å². The molecule has 0 radical (unpaired) electrons. The van der Waals surface area contributed by atoms with Gasteiger partial charge in [-0.15, -0.1) is 11.3 Å². The number of halogens is 3. The Morgan fingerprint density at radius 3 is 2.63 bits per heavy atom. The van der Waals surface area contributed by atoms with Crippen molar-refractivity contribution in [2.24, 2.45) is 0 Å². The molecule has 2 nitrogen and oxygen atoms in total. The van der Waals surface area contributed by atoms with Crippen molar-refractivity contribution in [3.8, 4) is 5.75 Å². The van der Waals surface area contributed by atoms with E-state index in [0.717, 1.165) is 31.8 Å². The summed E-state index contributed by atoms with van der Waals surface area (Å²) in [7, 11) is 1.64. The third-order valence-corrected chi connectivity index (χ3v) is 6.29. The maximum absolute atomic E-state index is 6.09. The predicted octanol–water partition coefficient (Wildman–Crippen LogP) is 5.86. The molecule has 19 heavy (non-hydrogen) atoms. The highest BCUT2D eigenvalue weighted by atomic mass is 79.9. The fraction of sp³-hybridized carbons (Fsp3) is 0.231. The summed E-state index contributed by atoms with van der Waals surface area (Å²) < 4.78 is 7.51. The minimum Gasteiger partial charge on any atom is -0.495 e. The van der Waals surface area contributed by atoms with Crippen LogP contribution in [0.25, 0.3) is 0 Å². The van der Waals surface area contributed by atoms with Crippen LogP contribution in [0.1, 0.15) is 10.4 Å². The Labute approximate surface area is 138 Å². The number of anilines is 1. The third kappa shape index (κ3) is 3.66. The maximum Gasteiger partial charge on any atom is 0.143 e. The second kappa shape index (κ2) is 6.48. The van der Waals surface area contributed by atoms with E-state index in [4.69, 9.17) is 16.3 Å². The van der Waals surface area contributed by atoms with Gasteiger partial charge in [0.05, 0.1) is 16.6 Å². The number of aryl methyl sites for hydroxylation is 1. The molecule has 6 heteroatoms. The normalized spacial score (nSPS) is 10.6. The molecule has 0 spiro atoms. The van der Waals surface area contributed by atoms with Crippen LogP contribution in [-0.2, 0) is 6.54 Å². The summed E-state index contributed by atoms with van der Waals surface area (Å²) >= 11 is 14.8. The van der Waals surface area contributed by atoms with Crippen molar-refractivity contribution in [1.29, 1.82) is 0 Å². The van der Waals surface area contributed by atoms with Gasteiger partial charge < -0.3 is 10.1 Å². The monoisotopic (exact) mass is 423 g/mol. The van der Waals surface area contributed by atoms with Crippen LogP contribution in [0.15, 0.2) is 26.5 Å². The van der Waals surface area contributed by atoms with Gasteiger partial charge in [0, 0.05) is 27.0 Å². The number of nitrogens with one attached hydrogen (secondary N) is 1. The number of benzene rings is 1. The van der Waals surface area contributed by atoms with Gasteiger partial charge in [-0.1, -0.05) is 11.6 Å². The van der Waals surface area contributed by atoms with Gasteiger partial charge in [0.2, 0.25) is 0 Å². The first kappa shape index (κ1) is 15.2. The highest BCUT2D eigenvalue weighted by Gasteiger charge is 2.08. The van der Waals surface area contributed by atoms with E-state index in [1.54, 1.807) is 18.4 Å². The minimum absolute atomic E-state index is 0.712. The van der Waals surface area contributed by atoms with Crippen molar-refractivity contribution < 1.29 is 4.74 Å². The highest BCUT2D eigenvalue weighted by molar-refractivity contribution is 9.13. The van der Waals surface area contributed by atoms with Crippen molar-refractivity contribution in [3.05, 3.63) is 41.9 Å². The molecule has 0 aliphatic heterocycles. The summed E-state index contributed by atoms with van der Waals surface area (Å²) in [5.41, 5.74) is 1.98. The molecular weight excluding hydrogens is 413 g/mol. The Morgan fingerprint density at radius 1 is 1.32 bits per heavy atom. The van der Waals surface area contributed by atoms with Crippen molar-refractivity contribution in [3.63, 3.8) is 0 Å². The lowest BCUT2D eigenvalue weighted by atomic mass is 10.2. The molecule has 1 heterocycles. The van der Waals surface area contributed by atoms with E-state index in [1.165, 1.54) is 4.88 Å². The molecule has 1 aromatic heterocycles. The lowest BCUT2D eigenvalue weighted by Crippen LogP contribution is -2.00. The Kier molecular flexibility index (Phi) is 5.17. The third-order valence-electron chi connectivity index (χ3n) is 2.63. The number of ether oxygens (including phenoxy) is 1. The fourth-order valence-electron chi connectivity index (χ4n) is 1.63. The molecule has 0 fully saturated rings. The largest absolute Gasteiger partial charge is 0.495 e. The number of rotatable bonds is 4. The van der Waals surface area contributed by atoms with E-state index < -0.39 is 0 Å². The molecule has 0 amide bonds. The quantitative estimate of drug-likeness (QED) is 0.663. The Hall–Kier alpha value is -0.230. The SMILES string of the molecule is COc1cc(Cl)c(C)cc1NCc1cc(Br)c(Br)s1. The zero-order valence-corrected chi connectivity index (χ0v) is 15.1. The number of methoxy groups -OCH3 is 1. The molecule has 1 N–H and O–H groups in total. The molecule has 0 aliphatic rings. The summed E-state index contributed by atoms with van der Waals surface area (Å²) in [6, 6.07) is 5.93. The van der Waals surface area contributed by atoms with E-state index in [2.05, 4.69) is 43.2 Å². The summed E-state index contributed by atoms with van der Waals surface area (Å²) in [6.07, 6.45) is 0. The van der Waals surface area contributed by atoms with Crippen molar-refractivity contribution in [2.45, 2.75) is 13.5 Å². The topological polar surface area (TPSA) is 21.3 Å². The number of thiophene rings is 1. The van der Waals surface area contributed by atoms with Gasteiger partial charge in [0.15, 0.2) is 0 Å². The van der Waals surface area contributed by atoms with Crippen LogP contribution in [0.5, 0.6) is 5.75 Å². The molecule has 1 aromatic carbocycles. The summed E-state index contributed by atoms with van der Waals surface area (Å²) in [5.74, 6) is 0.755. The lowest BCUT2D eigenvalue weighted by molar-refractivity contribution is 0.416. The van der Waals surface area contributed by atoms with Gasteiger partial charge in [-0.25, -0.2) is 0 Å². The summed E-state index contributed by atoms with van der Waals surface area (Å²) in [5, 5.41) is 4.09. The Balaban J connectivity index is 2.17. The first-order chi connectivity index (χ1) is 9.01. The molecule has 0 saturated carbocycles. The average Bonchev–Trinajstić information content (AvgIpc) is 2.69. The van der Waals surface area contributed by atoms with E-state index in [0.29, 0.717) is 5.02 Å². The van der Waals surface area contributed by atoms with Crippen LogP contribution in [0.4, 0.5) is 5.69 Å². The van der Waals surface area contributed by atoms with E-state index in [9.17, 15) is 0 Å². The zero-order valence-electron chi connectivity index (χ0n) is 10.4. The molecule has 2 aromatic rings. The molecule has 0 bridgehead atoms. The van der Waals surface area contributed by atoms with Crippen LogP contribution < -0.4 is 10.1 Å². The van der Waals surface area contributed by atoms with Gasteiger partial charge in [0.1, 0.15) is 5.75 Å². The Bertz CT molecular complexity index is 581. The molecule has 0 atom stereocenters. The second-order valence-electron chi connectivity index (χ2n) is 3.99. The van der Waals surface area contributed by atoms with E-state index in [1.807, 2.05) is 19.1 Å². The zero-order chi connectivity index (χ0) is 14.0. The number of hydrogen-bond donors (Lipinski definition) is 1. The van der Waals surface area contributed by atoms with Crippen molar-refractivity contribution >= 4 is 60.5 Å². The maximum atomic E-state index is 6.09. The number of hydrogen-bond acceptors (Lipinski definition) is 3. The van der Waals surface area contributed by atoms with Crippen LogP contribution in [0, 0.1) is 6.92 Å². The van der Waals surface area contributed by atoms with Crippen LogP contribution in [0.3, 0.4) is 0 Å². The fourth-order valence-corrected chi connectivity index (χ4v) is 3.90. The molecule has 2 rings (SSSR count). The summed E-state index contributed by atoms with van der Waals surface area (Å²) in [6.45, 7) is 2.72. The molecular formula is C13H12Br2ClNOS. The van der Waals surface area contributed by atoms with Gasteiger partial charge in [0.25, 0.3) is 0 Å². The van der Waals surface area contributed by atoms with E-state index >= 15 is 0 Å². The summed E-state index contributed by atoms with van der Waals surface area (Å²) in [4.78, 5) is 1.23. The molecule has 0 unspecified atom stereocenters. The highest BCUT2D eigenvalue weighted by Crippen LogP contribution is 2.34. The minimum atomic E-state index is 0.712. The smallest absolute Gasteiger partial charge is 0.143 e. The van der Waals surface area contributed by atoms with Gasteiger partial charge >= 0.3 is 0 Å². The van der Waals surface area contributed by atoms with Crippen LogP contribution >= 0.6 is 54.8 Å². The van der Waals surface area contributed by atoms with Gasteiger partial charge in [-0.2, -0.15) is 0 Å². The molecule has 0 aliphatic carbocycles. The Morgan fingerprint density at radius 2 is 2.05 bits per heavy atom. The predicted molar refractivity (Wildman–Crippen MR) is 89.8 cm³/mol. The van der Waals surface area contributed by atoms with Crippen molar-refractivity contribution in [2.75, 3.05) is 12.4 Å². The first-order valence-electron chi connectivity index (χ1n) is 5.53. The average molecular weight is 426 g/mol. The molecule has 0 saturated heterocycles. The van der Waals surface area contributed by atoms with Gasteiger partial charge in [-0.3, -0.25) is 0 Å². The first-order valence-corrected chi connectivity index (χ1v) is 8.31. The standard InChI is InChI=1S/C13H12Br2ClNOS/c1-7-3-11(12(18-2)5-10(7)16)17-6-8-4-9(14)13(15)19-8/h3-5,17H,6H2,1-2H3. The molecule has 102 valence electrons. The van der Waals surface area contributed by atoms with Crippen LogP contribution in [0.2, 0.25) is 5.02 Å². The van der Waals surface area contributed by atoms with E-state index in [-0.39, 0.29) is 0 Å². The lowest BCUT2D eigenvalue weighted by Gasteiger charge is -2.12. The van der Waals surface area contributed by atoms with Crippen molar-refractivity contribution in [1.82, 2.24) is 0 Å².